The van der Waals surface area contributed by atoms with E-state index in [9.17, 15) is 9.59 Å². The number of aryl methyl sites for hydroxylation is 1. The number of piperidine rings is 1. The maximum Gasteiger partial charge on any atom is 0.308 e. The molecule has 1 aliphatic rings. The van der Waals surface area contributed by atoms with Crippen LogP contribution in [-0.4, -0.2) is 42.0 Å². The smallest absolute Gasteiger partial charge is 0.308 e. The van der Waals surface area contributed by atoms with Crippen molar-refractivity contribution >= 4 is 11.9 Å². The Morgan fingerprint density at radius 1 is 1.38 bits per heavy atom. The summed E-state index contributed by atoms with van der Waals surface area (Å²) >= 11 is 0. The third-order valence-corrected chi connectivity index (χ3v) is 3.74. The zero-order valence-corrected chi connectivity index (χ0v) is 12.1. The Bertz CT molecular complexity index is 599. The summed E-state index contributed by atoms with van der Waals surface area (Å²) in [4.78, 5) is 29.7. The van der Waals surface area contributed by atoms with Crippen molar-refractivity contribution < 1.29 is 14.3 Å². The van der Waals surface area contributed by atoms with Crippen LogP contribution in [0.4, 0.5) is 0 Å². The van der Waals surface area contributed by atoms with Crippen molar-refractivity contribution in [2.24, 2.45) is 5.92 Å². The van der Waals surface area contributed by atoms with Gasteiger partial charge in [-0.1, -0.05) is 0 Å². The number of hydrogen-bond acceptors (Lipinski definition) is 5. The first-order valence-corrected chi connectivity index (χ1v) is 6.81. The second kappa shape index (κ2) is 6.35. The number of methoxy groups -OCH3 is 1. The van der Waals surface area contributed by atoms with Gasteiger partial charge < -0.3 is 9.64 Å². The maximum absolute atomic E-state index is 12.4. The number of carbonyl (C=O) groups is 2. The van der Waals surface area contributed by atoms with Crippen molar-refractivity contribution in [1.29, 1.82) is 5.26 Å². The maximum atomic E-state index is 12.4. The SMILES string of the molecule is COC(=O)C1CCN(C(=O)c2ccc(C#N)c(C)n2)CC1. The second-order valence-corrected chi connectivity index (χ2v) is 5.03. The Balaban J connectivity index is 2.04. The largest absolute Gasteiger partial charge is 0.469 e. The van der Waals surface area contributed by atoms with Crippen molar-refractivity contribution in [3.8, 4) is 6.07 Å². The van der Waals surface area contributed by atoms with Gasteiger partial charge in [-0.05, 0) is 31.9 Å². The molecule has 2 heterocycles. The molecule has 1 aromatic heterocycles. The van der Waals surface area contributed by atoms with Gasteiger partial charge in [-0.15, -0.1) is 0 Å². The molecule has 0 unspecified atom stereocenters. The summed E-state index contributed by atoms with van der Waals surface area (Å²) in [6.07, 6.45) is 1.21. The van der Waals surface area contributed by atoms with Gasteiger partial charge in [-0.2, -0.15) is 5.26 Å². The molecule has 1 aromatic rings. The summed E-state index contributed by atoms with van der Waals surface area (Å²) in [5.41, 5.74) is 1.35. The highest BCUT2D eigenvalue weighted by molar-refractivity contribution is 5.92. The average Bonchev–Trinajstić information content (AvgIpc) is 2.53. The summed E-state index contributed by atoms with van der Waals surface area (Å²) in [7, 11) is 1.38. The average molecular weight is 287 g/mol. The van der Waals surface area contributed by atoms with Crippen molar-refractivity contribution in [2.45, 2.75) is 19.8 Å². The molecular weight excluding hydrogens is 270 g/mol. The highest BCUT2D eigenvalue weighted by atomic mass is 16.5. The van der Waals surface area contributed by atoms with Gasteiger partial charge in [0.2, 0.25) is 0 Å². The molecule has 0 saturated carbocycles. The van der Waals surface area contributed by atoms with Gasteiger partial charge in [0, 0.05) is 13.1 Å². The van der Waals surface area contributed by atoms with Crippen molar-refractivity contribution in [3.63, 3.8) is 0 Å². The van der Waals surface area contributed by atoms with Crippen LogP contribution in [0.15, 0.2) is 12.1 Å². The number of likely N-dealkylation sites (tertiary alicyclic amines) is 1. The van der Waals surface area contributed by atoms with Gasteiger partial charge in [0.25, 0.3) is 5.91 Å². The predicted octanol–water partition coefficient (Wildman–Crippen LogP) is 1.29. The standard InChI is InChI=1S/C15H17N3O3/c1-10-12(9-16)3-4-13(17-10)14(19)18-7-5-11(6-8-18)15(20)21-2/h3-4,11H,5-8H2,1-2H3. The molecule has 0 radical (unpaired) electrons. The molecule has 0 bridgehead atoms. The number of pyridine rings is 1. The van der Waals surface area contributed by atoms with Gasteiger partial charge in [0.1, 0.15) is 11.8 Å². The number of ether oxygens (including phenoxy) is 1. The minimum atomic E-state index is -0.213. The summed E-state index contributed by atoms with van der Waals surface area (Å²) < 4.78 is 4.73. The van der Waals surface area contributed by atoms with Crippen LogP contribution in [0.3, 0.4) is 0 Å². The van der Waals surface area contributed by atoms with Crippen molar-refractivity contribution in [1.82, 2.24) is 9.88 Å². The number of esters is 1. The topological polar surface area (TPSA) is 83.3 Å². The molecule has 1 saturated heterocycles. The molecule has 110 valence electrons. The fraction of sp³-hybridized carbons (Fsp3) is 0.467. The number of hydrogen-bond donors (Lipinski definition) is 0. The van der Waals surface area contributed by atoms with Crippen LogP contribution in [0, 0.1) is 24.2 Å². The Labute approximate surface area is 123 Å². The van der Waals surface area contributed by atoms with E-state index in [0.717, 1.165) is 0 Å². The molecule has 1 fully saturated rings. The van der Waals surface area contributed by atoms with Crippen LogP contribution < -0.4 is 0 Å². The first kappa shape index (κ1) is 15.0. The Morgan fingerprint density at radius 2 is 2.05 bits per heavy atom. The van der Waals surface area contributed by atoms with E-state index in [2.05, 4.69) is 4.98 Å². The van der Waals surface area contributed by atoms with Gasteiger partial charge in [-0.3, -0.25) is 9.59 Å². The molecule has 0 aliphatic carbocycles. The minimum absolute atomic E-state index is 0.130. The summed E-state index contributed by atoms with van der Waals surface area (Å²) in [6.45, 7) is 2.73. The molecule has 1 amide bonds. The van der Waals surface area contributed by atoms with E-state index >= 15 is 0 Å². The van der Waals surface area contributed by atoms with Crippen LogP contribution in [0.1, 0.15) is 34.6 Å². The van der Waals surface area contributed by atoms with Gasteiger partial charge in [0.15, 0.2) is 0 Å². The molecule has 0 N–H and O–H groups in total. The quantitative estimate of drug-likeness (QED) is 0.765. The minimum Gasteiger partial charge on any atom is -0.469 e. The number of aromatic nitrogens is 1. The molecule has 0 spiro atoms. The highest BCUT2D eigenvalue weighted by Gasteiger charge is 2.28. The van der Waals surface area contributed by atoms with Crippen molar-refractivity contribution in [3.05, 3.63) is 29.1 Å². The fourth-order valence-corrected chi connectivity index (χ4v) is 2.45. The Kier molecular flexibility index (Phi) is 4.53. The molecular formula is C15H17N3O3. The third-order valence-electron chi connectivity index (χ3n) is 3.74. The summed E-state index contributed by atoms with van der Waals surface area (Å²) in [6, 6.07) is 5.20. The van der Waals surface area contributed by atoms with Crippen LogP contribution in [0.25, 0.3) is 0 Å². The number of amides is 1. The highest BCUT2D eigenvalue weighted by Crippen LogP contribution is 2.20. The summed E-state index contributed by atoms with van der Waals surface area (Å²) in [5, 5.41) is 8.87. The lowest BCUT2D eigenvalue weighted by molar-refractivity contribution is -0.146. The van der Waals surface area contributed by atoms with Crippen molar-refractivity contribution in [2.75, 3.05) is 20.2 Å². The Hall–Kier alpha value is -2.42. The number of nitriles is 1. The molecule has 0 atom stereocenters. The molecule has 2 rings (SSSR count). The molecule has 6 nitrogen and oxygen atoms in total. The van der Waals surface area contributed by atoms with E-state index in [1.807, 2.05) is 6.07 Å². The Morgan fingerprint density at radius 3 is 2.57 bits per heavy atom. The van der Waals surface area contributed by atoms with Gasteiger partial charge >= 0.3 is 5.97 Å². The van der Waals surface area contributed by atoms with Gasteiger partial charge in [0.05, 0.1) is 24.3 Å². The van der Waals surface area contributed by atoms with Crippen LogP contribution >= 0.6 is 0 Å². The third kappa shape index (κ3) is 3.19. The molecule has 0 aromatic carbocycles. The van der Waals surface area contributed by atoms with E-state index < -0.39 is 0 Å². The zero-order chi connectivity index (χ0) is 15.4. The predicted molar refractivity (Wildman–Crippen MR) is 74.3 cm³/mol. The molecule has 6 heteroatoms. The van der Waals surface area contributed by atoms with E-state index in [1.165, 1.54) is 7.11 Å². The number of rotatable bonds is 2. The van der Waals surface area contributed by atoms with E-state index in [-0.39, 0.29) is 17.8 Å². The van der Waals surface area contributed by atoms with E-state index in [0.29, 0.717) is 42.9 Å². The summed E-state index contributed by atoms with van der Waals surface area (Å²) in [5.74, 6) is -0.505. The van der Waals surface area contributed by atoms with E-state index in [1.54, 1.807) is 24.0 Å². The second-order valence-electron chi connectivity index (χ2n) is 5.03. The van der Waals surface area contributed by atoms with Crippen LogP contribution in [0.2, 0.25) is 0 Å². The number of carbonyl (C=O) groups excluding carboxylic acids is 2. The normalized spacial score (nSPS) is 15.4. The van der Waals surface area contributed by atoms with Crippen LogP contribution in [0.5, 0.6) is 0 Å². The lowest BCUT2D eigenvalue weighted by atomic mass is 9.97. The lowest BCUT2D eigenvalue weighted by Crippen LogP contribution is -2.40. The molecule has 1 aliphatic heterocycles. The monoisotopic (exact) mass is 287 g/mol. The van der Waals surface area contributed by atoms with Gasteiger partial charge in [-0.25, -0.2) is 4.98 Å². The first-order valence-electron chi connectivity index (χ1n) is 6.81. The fourth-order valence-electron chi connectivity index (χ4n) is 2.45. The first-order chi connectivity index (χ1) is 10.1. The van der Waals surface area contributed by atoms with Crippen LogP contribution in [-0.2, 0) is 9.53 Å². The zero-order valence-electron chi connectivity index (χ0n) is 12.1. The lowest BCUT2D eigenvalue weighted by Gasteiger charge is -2.30. The van der Waals surface area contributed by atoms with E-state index in [4.69, 9.17) is 10.00 Å². The molecule has 21 heavy (non-hydrogen) atoms. The number of nitrogens with zero attached hydrogens (tertiary/aromatic N) is 3.